The van der Waals surface area contributed by atoms with Crippen molar-refractivity contribution >= 4 is 11.8 Å². The van der Waals surface area contributed by atoms with Crippen molar-refractivity contribution in [2.45, 2.75) is 20.3 Å². The van der Waals surface area contributed by atoms with Gasteiger partial charge in [0, 0.05) is 44.1 Å². The van der Waals surface area contributed by atoms with Crippen molar-refractivity contribution in [3.8, 4) is 0 Å². The molecule has 1 fully saturated rings. The Morgan fingerprint density at radius 2 is 1.75 bits per heavy atom. The highest BCUT2D eigenvalue weighted by atomic mass is 16.2. The predicted molar refractivity (Wildman–Crippen MR) is 92.9 cm³/mol. The number of nitrogens with zero attached hydrogens (tertiary/aromatic N) is 2. The van der Waals surface area contributed by atoms with Crippen LogP contribution in [0.15, 0.2) is 36.7 Å². The summed E-state index contributed by atoms with van der Waals surface area (Å²) in [6.07, 6.45) is 4.08. The fraction of sp³-hybridized carbons (Fsp3) is 0.368. The minimum Gasteiger partial charge on any atom is -0.367 e. The summed E-state index contributed by atoms with van der Waals surface area (Å²) in [5.74, 6) is 0.179. The topological polar surface area (TPSA) is 56.4 Å². The Kier molecular flexibility index (Phi) is 4.69. The van der Waals surface area contributed by atoms with E-state index in [1.807, 2.05) is 60.3 Å². The molecular weight excluding hydrogens is 302 g/mol. The fourth-order valence-electron chi connectivity index (χ4n) is 3.14. The number of amides is 2. The van der Waals surface area contributed by atoms with Crippen molar-refractivity contribution in [1.82, 2.24) is 14.8 Å². The van der Waals surface area contributed by atoms with Crippen LogP contribution in [-0.4, -0.2) is 52.8 Å². The molecule has 0 spiro atoms. The van der Waals surface area contributed by atoms with Crippen LogP contribution in [0, 0.1) is 13.8 Å². The molecule has 5 nitrogen and oxygen atoms in total. The van der Waals surface area contributed by atoms with E-state index in [1.165, 1.54) is 0 Å². The maximum Gasteiger partial charge on any atom is 0.254 e. The summed E-state index contributed by atoms with van der Waals surface area (Å²) < 4.78 is 0. The number of carbonyl (C=O) groups is 2. The van der Waals surface area contributed by atoms with Gasteiger partial charge < -0.3 is 14.8 Å². The van der Waals surface area contributed by atoms with E-state index in [0.717, 1.165) is 22.3 Å². The van der Waals surface area contributed by atoms with Crippen LogP contribution in [0.4, 0.5) is 0 Å². The highest BCUT2D eigenvalue weighted by Gasteiger charge is 2.25. The number of rotatable bonds is 3. The van der Waals surface area contributed by atoms with Crippen molar-refractivity contribution in [3.05, 3.63) is 58.9 Å². The lowest BCUT2D eigenvalue weighted by Gasteiger charge is -2.35. The van der Waals surface area contributed by atoms with Crippen LogP contribution in [0.3, 0.4) is 0 Å². The van der Waals surface area contributed by atoms with Crippen molar-refractivity contribution in [2.75, 3.05) is 26.2 Å². The van der Waals surface area contributed by atoms with Gasteiger partial charge in [-0.2, -0.15) is 0 Å². The number of nitrogens with one attached hydrogen (secondary N) is 1. The van der Waals surface area contributed by atoms with Crippen LogP contribution in [0.25, 0.3) is 0 Å². The van der Waals surface area contributed by atoms with Crippen molar-refractivity contribution < 1.29 is 9.59 Å². The molecular formula is C19H23N3O2. The van der Waals surface area contributed by atoms with Gasteiger partial charge in [0.1, 0.15) is 0 Å². The average molecular weight is 325 g/mol. The van der Waals surface area contributed by atoms with Gasteiger partial charge in [-0.05, 0) is 37.1 Å². The van der Waals surface area contributed by atoms with E-state index in [4.69, 9.17) is 0 Å². The second kappa shape index (κ2) is 6.91. The molecule has 1 aliphatic rings. The first-order chi connectivity index (χ1) is 11.5. The van der Waals surface area contributed by atoms with Gasteiger partial charge in [-0.1, -0.05) is 17.7 Å². The summed E-state index contributed by atoms with van der Waals surface area (Å²) in [7, 11) is 0. The number of aryl methyl sites for hydroxylation is 2. The molecule has 0 bridgehead atoms. The quantitative estimate of drug-likeness (QED) is 0.940. The summed E-state index contributed by atoms with van der Waals surface area (Å²) in [5, 5.41) is 0. The summed E-state index contributed by atoms with van der Waals surface area (Å²) in [6.45, 7) is 6.36. The van der Waals surface area contributed by atoms with Gasteiger partial charge in [-0.15, -0.1) is 0 Å². The molecule has 0 radical (unpaired) electrons. The molecule has 1 aromatic carbocycles. The van der Waals surface area contributed by atoms with E-state index in [0.29, 0.717) is 32.6 Å². The fourth-order valence-corrected chi connectivity index (χ4v) is 3.14. The van der Waals surface area contributed by atoms with Gasteiger partial charge >= 0.3 is 0 Å². The highest BCUT2D eigenvalue weighted by molar-refractivity contribution is 5.96. The van der Waals surface area contributed by atoms with Crippen LogP contribution in [0.1, 0.15) is 27.0 Å². The maximum absolute atomic E-state index is 12.7. The lowest BCUT2D eigenvalue weighted by atomic mass is 10.0. The first kappa shape index (κ1) is 16.3. The monoisotopic (exact) mass is 325 g/mol. The van der Waals surface area contributed by atoms with E-state index >= 15 is 0 Å². The van der Waals surface area contributed by atoms with Crippen LogP contribution >= 0.6 is 0 Å². The number of H-pyrrole nitrogens is 1. The Hall–Kier alpha value is -2.56. The van der Waals surface area contributed by atoms with Crippen molar-refractivity contribution in [3.63, 3.8) is 0 Å². The lowest BCUT2D eigenvalue weighted by Crippen LogP contribution is -2.51. The Morgan fingerprint density at radius 1 is 1.04 bits per heavy atom. The average Bonchev–Trinajstić information content (AvgIpc) is 3.07. The van der Waals surface area contributed by atoms with Crippen LogP contribution < -0.4 is 0 Å². The van der Waals surface area contributed by atoms with Crippen molar-refractivity contribution in [1.29, 1.82) is 0 Å². The number of carbonyl (C=O) groups excluding carboxylic acids is 2. The van der Waals surface area contributed by atoms with E-state index in [1.54, 1.807) is 0 Å². The molecule has 0 unspecified atom stereocenters. The summed E-state index contributed by atoms with van der Waals surface area (Å²) in [6, 6.07) is 7.81. The molecule has 1 aliphatic heterocycles. The van der Waals surface area contributed by atoms with Crippen molar-refractivity contribution in [2.24, 2.45) is 0 Å². The molecule has 1 saturated heterocycles. The maximum atomic E-state index is 12.7. The number of hydrogen-bond acceptors (Lipinski definition) is 2. The molecule has 2 aromatic rings. The molecule has 24 heavy (non-hydrogen) atoms. The van der Waals surface area contributed by atoms with Gasteiger partial charge in [0.05, 0.1) is 6.42 Å². The molecule has 0 saturated carbocycles. The zero-order valence-electron chi connectivity index (χ0n) is 14.2. The van der Waals surface area contributed by atoms with Gasteiger partial charge in [0.25, 0.3) is 5.91 Å². The Bertz CT molecular complexity index is 729. The van der Waals surface area contributed by atoms with E-state index in [2.05, 4.69) is 4.98 Å². The number of benzene rings is 1. The third kappa shape index (κ3) is 3.50. The SMILES string of the molecule is Cc1ccc(C(=O)N2CCN(C(=O)Cc3cc[nH]c3)CC2)c(C)c1. The van der Waals surface area contributed by atoms with E-state index < -0.39 is 0 Å². The largest absolute Gasteiger partial charge is 0.367 e. The van der Waals surface area contributed by atoms with Crippen LogP contribution in [0.2, 0.25) is 0 Å². The summed E-state index contributed by atoms with van der Waals surface area (Å²) >= 11 is 0. The normalized spacial score (nSPS) is 14.8. The molecule has 1 aromatic heterocycles. The Morgan fingerprint density at radius 3 is 2.38 bits per heavy atom. The molecule has 0 atom stereocenters. The number of hydrogen-bond donors (Lipinski definition) is 1. The zero-order valence-corrected chi connectivity index (χ0v) is 14.2. The van der Waals surface area contributed by atoms with Crippen LogP contribution in [-0.2, 0) is 11.2 Å². The molecule has 0 aliphatic carbocycles. The third-order valence-corrected chi connectivity index (χ3v) is 4.55. The smallest absolute Gasteiger partial charge is 0.254 e. The second-order valence-corrected chi connectivity index (χ2v) is 6.39. The highest BCUT2D eigenvalue weighted by Crippen LogP contribution is 2.15. The third-order valence-electron chi connectivity index (χ3n) is 4.55. The van der Waals surface area contributed by atoms with E-state index in [9.17, 15) is 9.59 Å². The molecule has 126 valence electrons. The standard InChI is InChI=1S/C19H23N3O2/c1-14-3-4-17(15(2)11-14)19(24)22-9-7-21(8-10-22)18(23)12-16-5-6-20-13-16/h3-6,11,13,20H,7-10,12H2,1-2H3. The molecule has 3 rings (SSSR count). The molecule has 2 amide bonds. The minimum absolute atomic E-state index is 0.0604. The summed E-state index contributed by atoms with van der Waals surface area (Å²) in [4.78, 5) is 31.6. The first-order valence-electron chi connectivity index (χ1n) is 8.30. The van der Waals surface area contributed by atoms with Gasteiger partial charge in [-0.25, -0.2) is 0 Å². The molecule has 2 heterocycles. The number of aromatic amines is 1. The summed E-state index contributed by atoms with van der Waals surface area (Å²) in [5.41, 5.74) is 3.91. The van der Waals surface area contributed by atoms with Gasteiger partial charge in [0.2, 0.25) is 5.91 Å². The number of aromatic nitrogens is 1. The Balaban J connectivity index is 1.58. The molecule has 5 heteroatoms. The predicted octanol–water partition coefficient (Wildman–Crippen LogP) is 2.16. The number of piperazine rings is 1. The van der Waals surface area contributed by atoms with Crippen LogP contribution in [0.5, 0.6) is 0 Å². The second-order valence-electron chi connectivity index (χ2n) is 6.39. The Labute approximate surface area is 142 Å². The first-order valence-corrected chi connectivity index (χ1v) is 8.30. The van der Waals surface area contributed by atoms with Gasteiger partial charge in [0.15, 0.2) is 0 Å². The lowest BCUT2D eigenvalue weighted by molar-refractivity contribution is -0.131. The van der Waals surface area contributed by atoms with E-state index in [-0.39, 0.29) is 11.8 Å². The minimum atomic E-state index is 0.0604. The zero-order chi connectivity index (χ0) is 17.1. The molecule has 1 N–H and O–H groups in total. The van der Waals surface area contributed by atoms with Gasteiger partial charge in [-0.3, -0.25) is 9.59 Å².